The van der Waals surface area contributed by atoms with Crippen molar-refractivity contribution in [3.8, 4) is 0 Å². The molecule has 0 aromatic carbocycles. The molecular weight excluding hydrogens is 472 g/mol. The third-order valence-corrected chi connectivity index (χ3v) is 6.09. The van der Waals surface area contributed by atoms with Gasteiger partial charge in [-0.3, -0.25) is 0 Å². The molecule has 0 aliphatic carbocycles. The molecule has 0 saturated carbocycles. The zero-order valence-corrected chi connectivity index (χ0v) is 17.7. The minimum atomic E-state index is -1.93. The Bertz CT molecular complexity index is 599. The largest absolute Gasteiger partial charge is 0.394 e. The second kappa shape index (κ2) is 11.6. The number of aliphatic hydroxyl groups excluding tert-OH is 11. The number of rotatable bonds is 7. The Balaban J connectivity index is 1.84. The summed E-state index contributed by atoms with van der Waals surface area (Å²) in [4.78, 5) is 0. The molecule has 16 nitrogen and oxygen atoms in total. The summed E-state index contributed by atoms with van der Waals surface area (Å²) in [5.41, 5.74) is 0. The van der Waals surface area contributed by atoms with Gasteiger partial charge in [-0.25, -0.2) is 0 Å². The molecule has 0 aromatic rings. The molecule has 0 amide bonds. The SMILES string of the molecule is OC[C@H]1O[C@H](O[C@H]2[C@@H](O[C@@H]3O[C@H](CO)[C@@H](O)[C@H](O)[C@H]3O)[C@@H](CO)OC(O)[C@@H]2O)[C@@H](O)[C@@H](O)[C@@H]1O. The summed E-state index contributed by atoms with van der Waals surface area (Å²) in [7, 11) is 0. The maximum Gasteiger partial charge on any atom is 0.187 e. The third-order valence-electron chi connectivity index (χ3n) is 6.09. The molecule has 0 radical (unpaired) electrons. The van der Waals surface area contributed by atoms with Crippen LogP contribution in [0.25, 0.3) is 0 Å². The van der Waals surface area contributed by atoms with E-state index in [1.807, 2.05) is 0 Å². The lowest BCUT2D eigenvalue weighted by Gasteiger charge is -2.48. The molecule has 34 heavy (non-hydrogen) atoms. The van der Waals surface area contributed by atoms with Crippen LogP contribution in [0.5, 0.6) is 0 Å². The van der Waals surface area contributed by atoms with Gasteiger partial charge in [-0.05, 0) is 0 Å². The van der Waals surface area contributed by atoms with Gasteiger partial charge in [0.25, 0.3) is 0 Å². The van der Waals surface area contributed by atoms with Crippen molar-refractivity contribution in [3.63, 3.8) is 0 Å². The molecule has 3 rings (SSSR count). The summed E-state index contributed by atoms with van der Waals surface area (Å²) >= 11 is 0. The highest BCUT2D eigenvalue weighted by Gasteiger charge is 2.53. The summed E-state index contributed by atoms with van der Waals surface area (Å²) in [6, 6.07) is 0. The normalized spacial score (nSPS) is 52.5. The van der Waals surface area contributed by atoms with Crippen LogP contribution in [0.1, 0.15) is 0 Å². The minimum absolute atomic E-state index is 0.762. The van der Waals surface area contributed by atoms with Crippen LogP contribution in [0.3, 0.4) is 0 Å². The van der Waals surface area contributed by atoms with Crippen molar-refractivity contribution in [2.24, 2.45) is 0 Å². The van der Waals surface area contributed by atoms with Crippen molar-refractivity contribution in [2.75, 3.05) is 19.8 Å². The lowest BCUT2D eigenvalue weighted by Crippen LogP contribution is -2.67. The first-order valence-electron chi connectivity index (χ1n) is 10.6. The fraction of sp³-hybridized carbons (Fsp3) is 1.00. The lowest BCUT2D eigenvalue weighted by atomic mass is 9.96. The predicted molar refractivity (Wildman–Crippen MR) is 101 cm³/mol. The van der Waals surface area contributed by atoms with E-state index in [1.165, 1.54) is 0 Å². The fourth-order valence-corrected chi connectivity index (χ4v) is 4.04. The van der Waals surface area contributed by atoms with E-state index in [1.54, 1.807) is 0 Å². The molecule has 15 atom stereocenters. The van der Waals surface area contributed by atoms with E-state index < -0.39 is 112 Å². The van der Waals surface area contributed by atoms with Crippen molar-refractivity contribution < 1.29 is 79.9 Å². The second-order valence-electron chi connectivity index (χ2n) is 8.33. The summed E-state index contributed by atoms with van der Waals surface area (Å²) in [6.45, 7) is -2.35. The van der Waals surface area contributed by atoms with E-state index in [0.29, 0.717) is 0 Å². The van der Waals surface area contributed by atoms with Gasteiger partial charge in [-0.1, -0.05) is 0 Å². The van der Waals surface area contributed by atoms with Crippen molar-refractivity contribution in [2.45, 2.75) is 92.1 Å². The fourth-order valence-electron chi connectivity index (χ4n) is 4.04. The van der Waals surface area contributed by atoms with Crippen LogP contribution in [-0.2, 0) is 23.7 Å². The molecule has 0 spiro atoms. The second-order valence-corrected chi connectivity index (χ2v) is 8.33. The van der Waals surface area contributed by atoms with E-state index in [-0.39, 0.29) is 0 Å². The molecule has 0 bridgehead atoms. The molecule has 3 heterocycles. The van der Waals surface area contributed by atoms with Gasteiger partial charge in [-0.15, -0.1) is 0 Å². The van der Waals surface area contributed by atoms with Crippen LogP contribution >= 0.6 is 0 Å². The molecular formula is C18H32O16. The average molecular weight is 504 g/mol. The maximum absolute atomic E-state index is 10.5. The van der Waals surface area contributed by atoms with Crippen molar-refractivity contribution in [1.29, 1.82) is 0 Å². The predicted octanol–water partition coefficient (Wildman–Crippen LogP) is -7.57. The van der Waals surface area contributed by atoms with Gasteiger partial charge in [0.15, 0.2) is 18.9 Å². The smallest absolute Gasteiger partial charge is 0.187 e. The topological polar surface area (TPSA) is 269 Å². The Labute approximate surface area is 192 Å². The number of hydrogen-bond acceptors (Lipinski definition) is 16. The van der Waals surface area contributed by atoms with Gasteiger partial charge in [0, 0.05) is 0 Å². The van der Waals surface area contributed by atoms with Crippen molar-refractivity contribution in [3.05, 3.63) is 0 Å². The van der Waals surface area contributed by atoms with Gasteiger partial charge >= 0.3 is 0 Å². The van der Waals surface area contributed by atoms with Crippen molar-refractivity contribution >= 4 is 0 Å². The average Bonchev–Trinajstić information content (AvgIpc) is 2.83. The molecule has 3 aliphatic heterocycles. The quantitative estimate of drug-likeness (QED) is 0.154. The maximum atomic E-state index is 10.5. The summed E-state index contributed by atoms with van der Waals surface area (Å²) in [5, 5.41) is 109. The van der Waals surface area contributed by atoms with Crippen LogP contribution < -0.4 is 0 Å². The zero-order chi connectivity index (χ0) is 25.3. The first-order chi connectivity index (χ1) is 16.0. The van der Waals surface area contributed by atoms with E-state index in [9.17, 15) is 56.2 Å². The molecule has 1 unspecified atom stereocenters. The van der Waals surface area contributed by atoms with E-state index >= 15 is 0 Å². The standard InChI is InChI=1S/C18H32O16/c19-1-4-7(22)9(24)11(26)17(31-4)33-14-6(3-21)30-16(29)13(28)15(14)34-18-12(27)10(25)8(23)5(2-20)32-18/h4-29H,1-3H2/t4-,5-,6-,7-,8-,9+,10+,11-,12+,13-,14+,15-,16?,17+,18-/m1/s1. The number of aliphatic hydroxyl groups is 11. The number of ether oxygens (including phenoxy) is 5. The minimum Gasteiger partial charge on any atom is -0.394 e. The van der Waals surface area contributed by atoms with Gasteiger partial charge < -0.3 is 79.9 Å². The Morgan fingerprint density at radius 1 is 0.441 bits per heavy atom. The van der Waals surface area contributed by atoms with E-state index in [0.717, 1.165) is 0 Å². The van der Waals surface area contributed by atoms with Crippen LogP contribution in [0, 0.1) is 0 Å². The zero-order valence-electron chi connectivity index (χ0n) is 17.7. The third kappa shape index (κ3) is 5.37. The Morgan fingerprint density at radius 3 is 1.26 bits per heavy atom. The van der Waals surface area contributed by atoms with E-state index in [4.69, 9.17) is 23.7 Å². The first-order valence-corrected chi connectivity index (χ1v) is 10.6. The summed E-state index contributed by atoms with van der Waals surface area (Å²) < 4.78 is 26.7. The van der Waals surface area contributed by atoms with Gasteiger partial charge in [0.05, 0.1) is 19.8 Å². The molecule has 16 heteroatoms. The van der Waals surface area contributed by atoms with Crippen LogP contribution in [0.2, 0.25) is 0 Å². The van der Waals surface area contributed by atoms with Crippen molar-refractivity contribution in [1.82, 2.24) is 0 Å². The lowest BCUT2D eigenvalue weighted by molar-refractivity contribution is -0.383. The molecule has 0 aromatic heterocycles. The Morgan fingerprint density at radius 2 is 0.853 bits per heavy atom. The Kier molecular flexibility index (Phi) is 9.54. The monoisotopic (exact) mass is 504 g/mol. The Hall–Kier alpha value is -0.640. The van der Waals surface area contributed by atoms with Gasteiger partial charge in [0.2, 0.25) is 0 Å². The van der Waals surface area contributed by atoms with Crippen LogP contribution in [0.4, 0.5) is 0 Å². The van der Waals surface area contributed by atoms with Crippen LogP contribution in [0.15, 0.2) is 0 Å². The van der Waals surface area contributed by atoms with Gasteiger partial charge in [0.1, 0.15) is 73.2 Å². The molecule has 3 aliphatic rings. The number of hydrogen-bond donors (Lipinski definition) is 11. The molecule has 3 fully saturated rings. The van der Waals surface area contributed by atoms with Gasteiger partial charge in [-0.2, -0.15) is 0 Å². The first kappa shape index (κ1) is 27.9. The summed E-state index contributed by atoms with van der Waals surface area (Å²) in [5.74, 6) is 0. The van der Waals surface area contributed by atoms with Crippen LogP contribution in [-0.4, -0.2) is 168 Å². The highest BCUT2D eigenvalue weighted by atomic mass is 16.8. The van der Waals surface area contributed by atoms with E-state index in [2.05, 4.69) is 0 Å². The molecule has 11 N–H and O–H groups in total. The highest BCUT2D eigenvalue weighted by molar-refractivity contribution is 4.96. The molecule has 3 saturated heterocycles. The highest BCUT2D eigenvalue weighted by Crippen LogP contribution is 2.32. The summed E-state index contributed by atoms with van der Waals surface area (Å²) in [6.07, 6.45) is -25.6. The molecule has 200 valence electrons.